The van der Waals surface area contributed by atoms with Crippen LogP contribution in [0.3, 0.4) is 0 Å². The Morgan fingerprint density at radius 1 is 0.963 bits per heavy atom. The molecule has 1 aliphatic rings. The van der Waals surface area contributed by atoms with E-state index in [1.165, 1.54) is 57.8 Å². The number of aliphatic hydroxyl groups excluding tert-OH is 3. The van der Waals surface area contributed by atoms with Gasteiger partial charge < -0.3 is 24.8 Å². The molecule has 1 aliphatic heterocycles. The molecule has 0 aromatic rings. The smallest absolute Gasteiger partial charge is 0.114 e. The second-order valence-electron chi connectivity index (χ2n) is 7.68. The van der Waals surface area contributed by atoms with Crippen LogP contribution in [0.2, 0.25) is 0 Å². The summed E-state index contributed by atoms with van der Waals surface area (Å²) in [6.45, 7) is 2.57. The predicted octanol–water partition coefficient (Wildman–Crippen LogP) is 3.74. The van der Waals surface area contributed by atoms with Crippen molar-refractivity contribution in [1.82, 2.24) is 0 Å². The van der Waals surface area contributed by atoms with Gasteiger partial charge in [0.2, 0.25) is 0 Å². The fourth-order valence-electron chi connectivity index (χ4n) is 3.47. The lowest BCUT2D eigenvalue weighted by Gasteiger charge is -2.23. The Bertz CT molecular complexity index is 361. The first-order chi connectivity index (χ1) is 13.2. The lowest BCUT2D eigenvalue weighted by atomic mass is 10.1. The lowest BCUT2D eigenvalue weighted by molar-refractivity contribution is -0.0938. The minimum absolute atomic E-state index is 0.150. The molecule has 0 spiro atoms. The first kappa shape index (κ1) is 24.6. The van der Waals surface area contributed by atoms with Crippen molar-refractivity contribution in [1.29, 1.82) is 0 Å². The molecule has 0 aromatic carbocycles. The summed E-state index contributed by atoms with van der Waals surface area (Å²) < 4.78 is 11.0. The van der Waals surface area contributed by atoms with E-state index in [9.17, 15) is 10.2 Å². The van der Waals surface area contributed by atoms with Gasteiger partial charge >= 0.3 is 0 Å². The standard InChI is InChI=1S/C22H42O5/c1-2-3-4-5-6-7-8-9-10-11-12-13-14-15-16-26-22-20(25)18-27-21(22)19(24)17-23/h9-10,19-25H,2-8,11-18H2,1H3/b10-9+/t19-,20+,21+,22+/m0/s1. The van der Waals surface area contributed by atoms with E-state index in [1.807, 2.05) is 0 Å². The van der Waals surface area contributed by atoms with Crippen LogP contribution in [0.25, 0.3) is 0 Å². The van der Waals surface area contributed by atoms with Crippen molar-refractivity contribution >= 4 is 0 Å². The quantitative estimate of drug-likeness (QED) is 0.262. The first-order valence-corrected chi connectivity index (χ1v) is 11.1. The summed E-state index contributed by atoms with van der Waals surface area (Å²) in [5.74, 6) is 0. The normalized spacial score (nSPS) is 24.1. The van der Waals surface area contributed by atoms with E-state index in [-0.39, 0.29) is 13.2 Å². The van der Waals surface area contributed by atoms with Gasteiger partial charge in [-0.15, -0.1) is 0 Å². The van der Waals surface area contributed by atoms with Crippen LogP contribution < -0.4 is 0 Å². The second kappa shape index (κ2) is 16.5. The van der Waals surface area contributed by atoms with Crippen LogP contribution in [0.15, 0.2) is 12.2 Å². The Labute approximate surface area is 165 Å². The zero-order valence-electron chi connectivity index (χ0n) is 17.2. The Morgan fingerprint density at radius 3 is 2.19 bits per heavy atom. The molecular formula is C22H42O5. The SMILES string of the molecule is CCCCCCCC/C=C/CCCCCCO[C@H]1[C@@H]([C@@H](O)CO)OC[C@H]1O. The molecule has 0 amide bonds. The molecule has 0 aliphatic carbocycles. The molecule has 5 nitrogen and oxygen atoms in total. The van der Waals surface area contributed by atoms with Gasteiger partial charge in [0.05, 0.1) is 13.2 Å². The van der Waals surface area contributed by atoms with Crippen LogP contribution in [-0.2, 0) is 9.47 Å². The Kier molecular flexibility index (Phi) is 15.0. The van der Waals surface area contributed by atoms with Gasteiger partial charge in [-0.3, -0.25) is 0 Å². The highest BCUT2D eigenvalue weighted by Gasteiger charge is 2.40. The zero-order valence-corrected chi connectivity index (χ0v) is 17.2. The van der Waals surface area contributed by atoms with E-state index in [2.05, 4.69) is 19.1 Å². The van der Waals surface area contributed by atoms with Gasteiger partial charge in [-0.1, -0.05) is 64.0 Å². The molecule has 1 saturated heterocycles. The van der Waals surface area contributed by atoms with E-state index >= 15 is 0 Å². The maximum atomic E-state index is 9.87. The summed E-state index contributed by atoms with van der Waals surface area (Å²) in [6.07, 6.45) is 16.7. The maximum absolute atomic E-state index is 9.87. The largest absolute Gasteiger partial charge is 0.394 e. The predicted molar refractivity (Wildman–Crippen MR) is 109 cm³/mol. The minimum Gasteiger partial charge on any atom is -0.394 e. The molecule has 0 bridgehead atoms. The number of allylic oxidation sites excluding steroid dienone is 2. The zero-order chi connectivity index (χ0) is 19.7. The third-order valence-electron chi connectivity index (χ3n) is 5.20. The van der Waals surface area contributed by atoms with Gasteiger partial charge in [-0.2, -0.15) is 0 Å². The van der Waals surface area contributed by atoms with Crippen molar-refractivity contribution in [3.05, 3.63) is 12.2 Å². The molecule has 4 atom stereocenters. The Hall–Kier alpha value is -0.460. The molecule has 160 valence electrons. The van der Waals surface area contributed by atoms with E-state index in [0.29, 0.717) is 6.61 Å². The van der Waals surface area contributed by atoms with Gasteiger partial charge in [-0.05, 0) is 32.1 Å². The van der Waals surface area contributed by atoms with Crippen molar-refractivity contribution < 1.29 is 24.8 Å². The summed E-state index contributed by atoms with van der Waals surface area (Å²) in [5, 5.41) is 28.6. The van der Waals surface area contributed by atoms with Gasteiger partial charge in [0.15, 0.2) is 0 Å². The van der Waals surface area contributed by atoms with Crippen molar-refractivity contribution in [3.63, 3.8) is 0 Å². The van der Waals surface area contributed by atoms with Crippen LogP contribution in [0.5, 0.6) is 0 Å². The average molecular weight is 387 g/mol. The molecule has 0 unspecified atom stereocenters. The molecule has 0 saturated carbocycles. The van der Waals surface area contributed by atoms with Crippen LogP contribution in [-0.4, -0.2) is 59.6 Å². The number of hydrogen-bond acceptors (Lipinski definition) is 5. The topological polar surface area (TPSA) is 79.2 Å². The summed E-state index contributed by atoms with van der Waals surface area (Å²) >= 11 is 0. The molecule has 1 heterocycles. The van der Waals surface area contributed by atoms with Crippen LogP contribution in [0, 0.1) is 0 Å². The maximum Gasteiger partial charge on any atom is 0.114 e. The number of unbranched alkanes of at least 4 members (excludes halogenated alkanes) is 10. The highest BCUT2D eigenvalue weighted by molar-refractivity contribution is 4.89. The highest BCUT2D eigenvalue weighted by Crippen LogP contribution is 2.21. The van der Waals surface area contributed by atoms with Gasteiger partial charge in [0.25, 0.3) is 0 Å². The fourth-order valence-corrected chi connectivity index (χ4v) is 3.47. The van der Waals surface area contributed by atoms with E-state index < -0.39 is 24.4 Å². The molecule has 5 heteroatoms. The number of aliphatic hydroxyl groups is 3. The number of rotatable bonds is 17. The van der Waals surface area contributed by atoms with Gasteiger partial charge in [0.1, 0.15) is 24.4 Å². The lowest BCUT2D eigenvalue weighted by Crippen LogP contribution is -2.42. The van der Waals surface area contributed by atoms with E-state index in [0.717, 1.165) is 19.3 Å². The third kappa shape index (κ3) is 11.2. The van der Waals surface area contributed by atoms with Crippen LogP contribution in [0.1, 0.15) is 84.0 Å². The minimum atomic E-state index is -1.00. The molecule has 0 radical (unpaired) electrons. The van der Waals surface area contributed by atoms with Crippen molar-refractivity contribution in [3.8, 4) is 0 Å². The van der Waals surface area contributed by atoms with Gasteiger partial charge in [0, 0.05) is 6.61 Å². The van der Waals surface area contributed by atoms with Crippen molar-refractivity contribution in [2.75, 3.05) is 19.8 Å². The van der Waals surface area contributed by atoms with Crippen molar-refractivity contribution in [2.24, 2.45) is 0 Å². The number of ether oxygens (including phenoxy) is 2. The summed E-state index contributed by atoms with van der Waals surface area (Å²) in [7, 11) is 0. The average Bonchev–Trinajstić information content (AvgIpc) is 3.04. The monoisotopic (exact) mass is 386 g/mol. The van der Waals surface area contributed by atoms with Crippen LogP contribution >= 0.6 is 0 Å². The second-order valence-corrected chi connectivity index (χ2v) is 7.68. The highest BCUT2D eigenvalue weighted by atomic mass is 16.6. The summed E-state index contributed by atoms with van der Waals surface area (Å²) in [4.78, 5) is 0. The fraction of sp³-hybridized carbons (Fsp3) is 0.909. The summed E-state index contributed by atoms with van der Waals surface area (Å²) in [5.41, 5.74) is 0. The van der Waals surface area contributed by atoms with E-state index in [1.54, 1.807) is 0 Å². The molecule has 1 rings (SSSR count). The van der Waals surface area contributed by atoms with Gasteiger partial charge in [-0.25, -0.2) is 0 Å². The van der Waals surface area contributed by atoms with Crippen molar-refractivity contribution in [2.45, 2.75) is 108 Å². The molecule has 0 aromatic heterocycles. The first-order valence-electron chi connectivity index (χ1n) is 11.1. The number of hydrogen-bond donors (Lipinski definition) is 3. The Balaban J connectivity index is 1.92. The van der Waals surface area contributed by atoms with E-state index in [4.69, 9.17) is 14.6 Å². The summed E-state index contributed by atoms with van der Waals surface area (Å²) in [6, 6.07) is 0. The molecule has 1 fully saturated rings. The Morgan fingerprint density at radius 2 is 1.56 bits per heavy atom. The van der Waals surface area contributed by atoms with Crippen LogP contribution in [0.4, 0.5) is 0 Å². The molecule has 27 heavy (non-hydrogen) atoms. The third-order valence-corrected chi connectivity index (χ3v) is 5.20. The molecular weight excluding hydrogens is 344 g/mol. The molecule has 3 N–H and O–H groups in total.